The van der Waals surface area contributed by atoms with Crippen molar-refractivity contribution < 1.29 is 19.4 Å². The van der Waals surface area contributed by atoms with E-state index in [-0.39, 0.29) is 5.88 Å². The Labute approximate surface area is 85.1 Å². The molecule has 7 nitrogen and oxygen atoms in total. The molecule has 1 heterocycles. The summed E-state index contributed by atoms with van der Waals surface area (Å²) in [6, 6.07) is 0. The summed E-state index contributed by atoms with van der Waals surface area (Å²) in [5.74, 6) is -1.04. The van der Waals surface area contributed by atoms with Crippen molar-refractivity contribution in [3.8, 4) is 5.88 Å². The van der Waals surface area contributed by atoms with E-state index in [4.69, 9.17) is 9.84 Å². The van der Waals surface area contributed by atoms with E-state index in [0.717, 1.165) is 0 Å². The third kappa shape index (κ3) is 3.59. The highest BCUT2D eigenvalue weighted by atomic mass is 16.6. The normalized spacial score (nSPS) is 9.40. The summed E-state index contributed by atoms with van der Waals surface area (Å²) >= 11 is 0. The van der Waals surface area contributed by atoms with Crippen LogP contribution in [0.5, 0.6) is 5.88 Å². The number of ether oxygens (including phenoxy) is 1. The first kappa shape index (κ1) is 10.9. The van der Waals surface area contributed by atoms with Crippen LogP contribution in [0.4, 0.5) is 4.79 Å². The van der Waals surface area contributed by atoms with Gasteiger partial charge in [0.2, 0.25) is 5.88 Å². The first-order valence-corrected chi connectivity index (χ1v) is 4.03. The molecule has 0 aliphatic heterocycles. The first-order valence-electron chi connectivity index (χ1n) is 4.03. The maximum absolute atomic E-state index is 11.0. The molecule has 15 heavy (non-hydrogen) atoms. The van der Waals surface area contributed by atoms with Crippen molar-refractivity contribution in [3.05, 3.63) is 18.1 Å². The van der Waals surface area contributed by atoms with E-state index in [9.17, 15) is 9.59 Å². The van der Waals surface area contributed by atoms with Crippen molar-refractivity contribution in [2.75, 3.05) is 6.54 Å². The summed E-state index contributed by atoms with van der Waals surface area (Å²) in [6.07, 6.45) is 1.85. The Kier molecular flexibility index (Phi) is 3.55. The van der Waals surface area contributed by atoms with Gasteiger partial charge in [0, 0.05) is 11.8 Å². The molecule has 7 heteroatoms. The Balaban J connectivity index is 2.52. The number of nitrogens with zero attached hydrogens (tertiary/aromatic N) is 2. The lowest BCUT2D eigenvalue weighted by atomic mass is 10.4. The molecule has 1 aromatic rings. The van der Waals surface area contributed by atoms with E-state index in [1.54, 1.807) is 6.92 Å². The van der Waals surface area contributed by atoms with Crippen LogP contribution in [-0.2, 0) is 4.79 Å². The third-order valence-electron chi connectivity index (χ3n) is 1.42. The van der Waals surface area contributed by atoms with Crippen molar-refractivity contribution in [1.29, 1.82) is 0 Å². The number of hydrogen-bond donors (Lipinski definition) is 2. The molecule has 0 radical (unpaired) electrons. The van der Waals surface area contributed by atoms with Crippen LogP contribution >= 0.6 is 0 Å². The molecule has 2 N–H and O–H groups in total. The highest BCUT2D eigenvalue weighted by Crippen LogP contribution is 2.10. The predicted octanol–water partition coefficient (Wildman–Crippen LogP) is -0.0420. The van der Waals surface area contributed by atoms with Crippen LogP contribution in [-0.4, -0.2) is 33.7 Å². The Bertz CT molecular complexity index is 380. The minimum absolute atomic E-state index is 0.105. The lowest BCUT2D eigenvalue weighted by molar-refractivity contribution is -0.135. The topological polar surface area (TPSA) is 101 Å². The molecule has 0 saturated carbocycles. The van der Waals surface area contributed by atoms with Gasteiger partial charge in [0.25, 0.3) is 0 Å². The van der Waals surface area contributed by atoms with E-state index >= 15 is 0 Å². The molecule has 0 fully saturated rings. The summed E-state index contributed by atoms with van der Waals surface area (Å²) < 4.78 is 4.73. The average Bonchev–Trinajstić information content (AvgIpc) is 2.18. The fraction of sp³-hybridized carbons (Fsp3) is 0.250. The molecule has 1 aromatic heterocycles. The molecule has 80 valence electrons. The molecule has 0 aromatic carbocycles. The summed E-state index contributed by atoms with van der Waals surface area (Å²) in [5, 5.41) is 10.3. The van der Waals surface area contributed by atoms with Gasteiger partial charge < -0.3 is 15.2 Å². The van der Waals surface area contributed by atoms with Crippen LogP contribution in [0.3, 0.4) is 0 Å². The van der Waals surface area contributed by atoms with Gasteiger partial charge in [-0.3, -0.25) is 4.79 Å². The van der Waals surface area contributed by atoms with Crippen LogP contribution in [0, 0.1) is 6.92 Å². The quantitative estimate of drug-likeness (QED) is 0.727. The van der Waals surface area contributed by atoms with Gasteiger partial charge in [0.15, 0.2) is 0 Å². The summed E-state index contributed by atoms with van der Waals surface area (Å²) in [7, 11) is 0. The Morgan fingerprint density at radius 2 is 2.33 bits per heavy atom. The summed E-state index contributed by atoms with van der Waals surface area (Å²) in [4.78, 5) is 28.6. The number of carbonyl (C=O) groups excluding carboxylic acids is 1. The van der Waals surface area contributed by atoms with Crippen LogP contribution in [0.1, 0.15) is 5.56 Å². The van der Waals surface area contributed by atoms with Crippen LogP contribution in [0.15, 0.2) is 12.5 Å². The zero-order valence-corrected chi connectivity index (χ0v) is 7.93. The number of carboxylic acids is 1. The average molecular weight is 211 g/mol. The number of aromatic nitrogens is 2. The second kappa shape index (κ2) is 4.89. The number of nitrogens with one attached hydrogen (secondary N) is 1. The van der Waals surface area contributed by atoms with E-state index in [1.807, 2.05) is 5.32 Å². The van der Waals surface area contributed by atoms with E-state index in [2.05, 4.69) is 9.97 Å². The molecule has 1 amide bonds. The molecule has 0 bridgehead atoms. The summed E-state index contributed by atoms with van der Waals surface area (Å²) in [5.41, 5.74) is 0.586. The van der Waals surface area contributed by atoms with E-state index in [0.29, 0.717) is 5.56 Å². The van der Waals surface area contributed by atoms with Gasteiger partial charge in [-0.25, -0.2) is 14.8 Å². The van der Waals surface area contributed by atoms with Gasteiger partial charge in [0.05, 0.1) is 0 Å². The van der Waals surface area contributed by atoms with Crippen LogP contribution in [0.2, 0.25) is 0 Å². The van der Waals surface area contributed by atoms with Crippen molar-refractivity contribution in [1.82, 2.24) is 15.3 Å². The molecule has 0 unspecified atom stereocenters. The SMILES string of the molecule is Cc1cncnc1OC(=O)NCC(=O)O. The number of rotatable bonds is 3. The Morgan fingerprint density at radius 1 is 1.60 bits per heavy atom. The maximum atomic E-state index is 11.0. The van der Waals surface area contributed by atoms with E-state index in [1.165, 1.54) is 12.5 Å². The van der Waals surface area contributed by atoms with Gasteiger partial charge in [-0.15, -0.1) is 0 Å². The molecule has 0 atom stereocenters. The maximum Gasteiger partial charge on any atom is 0.414 e. The van der Waals surface area contributed by atoms with Crippen molar-refractivity contribution in [2.45, 2.75) is 6.92 Å². The van der Waals surface area contributed by atoms with Gasteiger partial charge in [0.1, 0.15) is 12.9 Å². The predicted molar refractivity (Wildman–Crippen MR) is 48.4 cm³/mol. The minimum atomic E-state index is -1.15. The molecule has 0 saturated heterocycles. The zero-order chi connectivity index (χ0) is 11.3. The highest BCUT2D eigenvalue weighted by molar-refractivity contribution is 5.77. The lowest BCUT2D eigenvalue weighted by Gasteiger charge is -2.04. The number of hydrogen-bond acceptors (Lipinski definition) is 5. The Hall–Kier alpha value is -2.18. The van der Waals surface area contributed by atoms with Crippen molar-refractivity contribution in [2.24, 2.45) is 0 Å². The second-order valence-electron chi connectivity index (χ2n) is 2.65. The van der Waals surface area contributed by atoms with Crippen LogP contribution in [0.25, 0.3) is 0 Å². The van der Waals surface area contributed by atoms with E-state index < -0.39 is 18.6 Å². The molecule has 1 rings (SSSR count). The number of aryl methyl sites for hydroxylation is 1. The third-order valence-corrected chi connectivity index (χ3v) is 1.42. The second-order valence-corrected chi connectivity index (χ2v) is 2.65. The molecule has 0 aliphatic carbocycles. The monoisotopic (exact) mass is 211 g/mol. The number of carboxylic acid groups (broad SMARTS) is 1. The number of aliphatic carboxylic acids is 1. The standard InChI is InChI=1S/C8H9N3O4/c1-5-2-9-4-11-7(5)15-8(14)10-3-6(12)13/h2,4H,3H2,1H3,(H,10,14)(H,12,13). The van der Waals surface area contributed by atoms with Gasteiger partial charge in [-0.2, -0.15) is 0 Å². The first-order chi connectivity index (χ1) is 7.09. The number of carbonyl (C=O) groups is 2. The van der Waals surface area contributed by atoms with Crippen molar-refractivity contribution in [3.63, 3.8) is 0 Å². The molecular formula is C8H9N3O4. The van der Waals surface area contributed by atoms with Gasteiger partial charge in [-0.05, 0) is 6.92 Å². The largest absolute Gasteiger partial charge is 0.480 e. The lowest BCUT2D eigenvalue weighted by Crippen LogP contribution is -2.32. The number of amides is 1. The summed E-state index contributed by atoms with van der Waals surface area (Å²) in [6.45, 7) is 1.17. The Morgan fingerprint density at radius 3 is 2.93 bits per heavy atom. The molecule has 0 spiro atoms. The molecular weight excluding hydrogens is 202 g/mol. The van der Waals surface area contributed by atoms with Crippen molar-refractivity contribution >= 4 is 12.1 Å². The fourth-order valence-corrected chi connectivity index (χ4v) is 0.766. The molecule has 0 aliphatic rings. The zero-order valence-electron chi connectivity index (χ0n) is 7.93. The minimum Gasteiger partial charge on any atom is -0.480 e. The fourth-order valence-electron chi connectivity index (χ4n) is 0.766. The smallest absolute Gasteiger partial charge is 0.414 e. The van der Waals surface area contributed by atoms with Gasteiger partial charge in [-0.1, -0.05) is 0 Å². The highest BCUT2D eigenvalue weighted by Gasteiger charge is 2.08. The van der Waals surface area contributed by atoms with Gasteiger partial charge >= 0.3 is 12.1 Å². The van der Waals surface area contributed by atoms with Crippen LogP contribution < -0.4 is 10.1 Å².